The molecule has 15 N–H and O–H groups in total. The lowest BCUT2D eigenvalue weighted by Crippen LogP contribution is -2.52. The predicted octanol–water partition coefficient (Wildman–Crippen LogP) is 2.08. The summed E-state index contributed by atoms with van der Waals surface area (Å²) in [7, 11) is 2.50. The van der Waals surface area contributed by atoms with Gasteiger partial charge in [-0.15, -0.1) is 6.42 Å². The summed E-state index contributed by atoms with van der Waals surface area (Å²) in [5.74, 6) is -4.94. The van der Waals surface area contributed by atoms with E-state index in [0.717, 1.165) is 0 Å². The van der Waals surface area contributed by atoms with E-state index in [1.807, 2.05) is 27.7 Å². The molecule has 2 aliphatic carbocycles. The number of nitrogens with zero attached hydrogens (tertiary/aromatic N) is 1. The number of aliphatic imine (C=N–C) groups is 1. The first-order valence-corrected chi connectivity index (χ1v) is 34.4. The molecule has 0 heterocycles. The van der Waals surface area contributed by atoms with Crippen molar-refractivity contribution >= 4 is 71.4 Å². The van der Waals surface area contributed by atoms with Gasteiger partial charge in [0.25, 0.3) is 0 Å². The number of amidine groups is 1. The highest BCUT2D eigenvalue weighted by atomic mass is 16.6. The third-order valence-corrected chi connectivity index (χ3v) is 17.5. The molecule has 0 radical (unpaired) electrons. The SMILES string of the molecule is C#CCOCCOCCOCCOCCC(=O)N[C@H](CCC(=O)NCCCCCCNC(=O)O[C@H]1[C@@H]([C@@H](NC(C)=O)C(CC)CC)[C@H](N=C(N)N)C[C@@H]1C(=O)OC)C(=O)NCC(=O)NCCCCCCNC(=O)O[C@H]1[C@@H]([C@@H](NC(C)=O)C(CC)CC)[C@H](CC(=N)N)C[C@@H]1C(=O)OC. The quantitative estimate of drug-likeness (QED) is 0.0104. The standard InChI is InChI=1S/C66H115N13O18/c1-10-30-92-32-34-94-36-37-95-35-33-93-31-25-53(83)78-49(23-24-52(82)71-26-19-15-17-21-29-74-66(89)97-60-48(63(87)91-9)40-50(79-64(69)70)56(60)58(77-43(7)81)45(13-4)14-5)61(85)75-41-54(84)72-27-20-16-18-22-28-73-65(88)96-59-47(62(86)90-8)38-46(39-51(67)68)55(59)57(76-42(6)80)44(11-2)12-3/h1,44-50,55-60H,11-41H2,2-9H3,(H3,67,68)(H,71,82)(H,72,84)(H,73,88)(H,74,89)(H,75,85)(H,76,80)(H,77,81)(H,78,83)(H4,69,70,79)/t46-,47-,48-,49+,50+,55+,56+,57-,58-,59+,60+/m0/s1. The van der Waals surface area contributed by atoms with Crippen molar-refractivity contribution in [2.75, 3.05) is 99.8 Å². The van der Waals surface area contributed by atoms with Crippen LogP contribution in [0.2, 0.25) is 0 Å². The van der Waals surface area contributed by atoms with Gasteiger partial charge in [0.05, 0.1) is 90.7 Å². The number of esters is 2. The average molecular weight is 1380 g/mol. The second kappa shape index (κ2) is 49.9. The Bertz CT molecular complexity index is 2500. The van der Waals surface area contributed by atoms with E-state index in [1.165, 1.54) is 28.1 Å². The zero-order valence-electron chi connectivity index (χ0n) is 58.5. The molecule has 0 aromatic carbocycles. The number of carbonyl (C=O) groups is 10. The number of unbranched alkanes of at least 4 members (excludes halogenated alkanes) is 6. The van der Waals surface area contributed by atoms with E-state index in [9.17, 15) is 47.9 Å². The monoisotopic (exact) mass is 1380 g/mol. The van der Waals surface area contributed by atoms with Gasteiger partial charge in [-0.05, 0) is 62.7 Å². The van der Waals surface area contributed by atoms with Crippen LogP contribution in [-0.2, 0) is 76.3 Å². The van der Waals surface area contributed by atoms with E-state index in [2.05, 4.69) is 53.4 Å². The lowest BCUT2D eigenvalue weighted by molar-refractivity contribution is -0.150. The number of nitrogens with two attached hydrogens (primary N) is 3. The molecule has 8 amide bonds. The van der Waals surface area contributed by atoms with E-state index in [1.54, 1.807) is 0 Å². The second-order valence-corrected chi connectivity index (χ2v) is 24.4. The number of ether oxygens (including phenoxy) is 8. The Kier molecular flexibility index (Phi) is 44.0. The smallest absolute Gasteiger partial charge is 0.407 e. The first kappa shape index (κ1) is 85.5. The Morgan fingerprint density at radius 3 is 1.44 bits per heavy atom. The summed E-state index contributed by atoms with van der Waals surface area (Å²) in [5.41, 5.74) is 17.5. The number of nitrogens with one attached hydrogen (secondary N) is 9. The minimum Gasteiger partial charge on any atom is -0.469 e. The van der Waals surface area contributed by atoms with E-state index in [0.29, 0.717) is 110 Å². The predicted molar refractivity (Wildman–Crippen MR) is 361 cm³/mol. The number of alkyl carbamates (subject to hydrolysis) is 2. The molecule has 2 saturated carbocycles. The lowest BCUT2D eigenvalue weighted by Gasteiger charge is -2.37. The van der Waals surface area contributed by atoms with Crippen LogP contribution in [0.5, 0.6) is 0 Å². The minimum absolute atomic E-state index is 0.00512. The van der Waals surface area contributed by atoms with Crippen molar-refractivity contribution in [1.29, 1.82) is 5.41 Å². The molecule has 31 heteroatoms. The second-order valence-electron chi connectivity index (χ2n) is 24.4. The number of hydrogen-bond donors (Lipinski definition) is 12. The Labute approximate surface area is 572 Å². The summed E-state index contributed by atoms with van der Waals surface area (Å²) in [6, 6.07) is -2.80. The molecule has 11 atom stereocenters. The third-order valence-electron chi connectivity index (χ3n) is 17.5. The fraction of sp³-hybridized carbons (Fsp3) is 0.788. The molecule has 0 aromatic heterocycles. The van der Waals surface area contributed by atoms with Crippen molar-refractivity contribution in [2.45, 2.75) is 193 Å². The highest BCUT2D eigenvalue weighted by molar-refractivity contribution is 5.91. The van der Waals surface area contributed by atoms with Gasteiger partial charge in [-0.25, -0.2) is 14.6 Å². The topological polar surface area (TPSA) is 455 Å². The number of guanidine groups is 1. The number of amides is 8. The first-order chi connectivity index (χ1) is 46.5. The van der Waals surface area contributed by atoms with Crippen molar-refractivity contribution in [3.63, 3.8) is 0 Å². The van der Waals surface area contributed by atoms with E-state index >= 15 is 0 Å². The van der Waals surface area contributed by atoms with Crippen molar-refractivity contribution in [1.82, 2.24) is 42.5 Å². The van der Waals surface area contributed by atoms with E-state index in [-0.39, 0.29) is 132 Å². The summed E-state index contributed by atoms with van der Waals surface area (Å²) in [6.07, 6.45) is 9.73. The maximum Gasteiger partial charge on any atom is 0.407 e. The molecule has 0 unspecified atom stereocenters. The van der Waals surface area contributed by atoms with Gasteiger partial charge >= 0.3 is 24.1 Å². The van der Waals surface area contributed by atoms with Crippen molar-refractivity contribution in [3.8, 4) is 12.3 Å². The van der Waals surface area contributed by atoms with E-state index in [4.69, 9.17) is 66.9 Å². The molecule has 0 bridgehead atoms. The molecule has 552 valence electrons. The van der Waals surface area contributed by atoms with Crippen LogP contribution in [-0.4, -0.2) is 208 Å². The number of rotatable bonds is 51. The van der Waals surface area contributed by atoms with Gasteiger partial charge < -0.3 is 97.6 Å². The Morgan fingerprint density at radius 1 is 0.546 bits per heavy atom. The van der Waals surface area contributed by atoms with E-state index < -0.39 is 108 Å². The maximum absolute atomic E-state index is 13.5. The molecular formula is C66H115N13O18. The van der Waals surface area contributed by atoms with Gasteiger partial charge in [-0.3, -0.25) is 43.8 Å². The Hall–Kier alpha value is -7.56. The molecule has 0 aliphatic heterocycles. The Morgan fingerprint density at radius 2 is 0.990 bits per heavy atom. The average Bonchev–Trinajstić information content (AvgIpc) is 1.65. The summed E-state index contributed by atoms with van der Waals surface area (Å²) >= 11 is 0. The van der Waals surface area contributed by atoms with Crippen LogP contribution in [0.25, 0.3) is 0 Å². The zero-order chi connectivity index (χ0) is 72.1. The molecule has 31 nitrogen and oxygen atoms in total. The molecule has 0 saturated heterocycles. The molecule has 2 fully saturated rings. The summed E-state index contributed by atoms with van der Waals surface area (Å²) in [5, 5.41) is 30.5. The number of carbonyl (C=O) groups excluding carboxylic acids is 10. The number of methoxy groups -OCH3 is 2. The molecule has 0 spiro atoms. The minimum atomic E-state index is -1.17. The Balaban J connectivity index is 1.92. The van der Waals surface area contributed by atoms with Gasteiger partial charge in [0.2, 0.25) is 35.4 Å². The van der Waals surface area contributed by atoms with Crippen molar-refractivity contribution in [3.05, 3.63) is 0 Å². The molecule has 2 aliphatic rings. The molecule has 2 rings (SSSR count). The normalized spacial score (nSPS) is 19.6. The summed E-state index contributed by atoms with van der Waals surface area (Å²) in [4.78, 5) is 135. The third kappa shape index (κ3) is 34.0. The van der Waals surface area contributed by atoms with Gasteiger partial charge in [0.15, 0.2) is 5.96 Å². The highest BCUT2D eigenvalue weighted by Crippen LogP contribution is 2.46. The van der Waals surface area contributed by atoms with Crippen LogP contribution in [0.3, 0.4) is 0 Å². The maximum atomic E-state index is 13.5. The largest absolute Gasteiger partial charge is 0.469 e. The molecule has 0 aromatic rings. The first-order valence-electron chi connectivity index (χ1n) is 34.4. The van der Waals surface area contributed by atoms with Gasteiger partial charge in [-0.2, -0.15) is 0 Å². The van der Waals surface area contributed by atoms with Crippen LogP contribution in [0.1, 0.15) is 157 Å². The fourth-order valence-electron chi connectivity index (χ4n) is 12.8. The highest BCUT2D eigenvalue weighted by Gasteiger charge is 2.55. The zero-order valence-corrected chi connectivity index (χ0v) is 58.5. The van der Waals surface area contributed by atoms with Crippen LogP contribution in [0.4, 0.5) is 9.59 Å². The van der Waals surface area contributed by atoms with Crippen LogP contribution >= 0.6 is 0 Å². The number of hydrogen-bond acceptors (Lipinski definition) is 20. The van der Waals surface area contributed by atoms with Gasteiger partial charge in [-0.1, -0.05) is 85.0 Å². The van der Waals surface area contributed by atoms with Crippen LogP contribution in [0.15, 0.2) is 4.99 Å². The van der Waals surface area contributed by atoms with Crippen LogP contribution < -0.4 is 59.7 Å². The number of terminal acetylenes is 1. The van der Waals surface area contributed by atoms with Gasteiger partial charge in [0, 0.05) is 83.2 Å². The lowest BCUT2D eigenvalue weighted by atomic mass is 9.77. The molecular weight excluding hydrogens is 1260 g/mol. The van der Waals surface area contributed by atoms with Crippen LogP contribution in [0, 0.1) is 59.2 Å². The summed E-state index contributed by atoms with van der Waals surface area (Å²) in [6.45, 7) is 13.5. The van der Waals surface area contributed by atoms with Crippen molar-refractivity contribution < 1.29 is 85.8 Å². The summed E-state index contributed by atoms with van der Waals surface area (Å²) < 4.78 is 43.7. The molecule has 97 heavy (non-hydrogen) atoms. The van der Waals surface area contributed by atoms with Gasteiger partial charge in [0.1, 0.15) is 24.9 Å². The van der Waals surface area contributed by atoms with Crippen molar-refractivity contribution in [2.24, 2.45) is 63.6 Å². The fourth-order valence-corrected chi connectivity index (χ4v) is 12.8.